The minimum atomic E-state index is -0.588. The largest absolute Gasteiger partial charge is 0.397 e. The molecule has 1 aromatic carbocycles. The first-order valence-corrected chi connectivity index (χ1v) is 4.13. The zero-order valence-corrected chi connectivity index (χ0v) is 7.61. The fourth-order valence-electron chi connectivity index (χ4n) is 0.926. The fraction of sp³-hybridized carbons (Fsp3) is 0.250. The third kappa shape index (κ3) is 2.23. The second kappa shape index (κ2) is 4.30. The van der Waals surface area contributed by atoms with Crippen LogP contribution in [0.2, 0.25) is 5.02 Å². The molecule has 0 amide bonds. The summed E-state index contributed by atoms with van der Waals surface area (Å²) >= 11 is 5.53. The molecule has 1 aromatic rings. The van der Waals surface area contributed by atoms with Crippen LogP contribution < -0.4 is 11.1 Å². The Balaban J connectivity index is 2.96. The van der Waals surface area contributed by atoms with E-state index >= 15 is 0 Å². The number of hydrogen-bond donors (Lipinski definition) is 3. The number of rotatable bonds is 3. The lowest BCUT2D eigenvalue weighted by Gasteiger charge is -2.09. The molecule has 0 aromatic heterocycles. The highest BCUT2D eigenvalue weighted by Crippen LogP contribution is 2.27. The van der Waals surface area contributed by atoms with E-state index in [-0.39, 0.29) is 29.5 Å². The van der Waals surface area contributed by atoms with Crippen molar-refractivity contribution >= 4 is 23.0 Å². The molecule has 3 nitrogen and oxygen atoms in total. The van der Waals surface area contributed by atoms with Crippen LogP contribution in [0.15, 0.2) is 12.1 Å². The molecule has 0 unspecified atom stereocenters. The zero-order valence-electron chi connectivity index (χ0n) is 6.85. The number of nitrogen functional groups attached to an aromatic ring is 1. The Labute approximate surface area is 80.3 Å². The van der Waals surface area contributed by atoms with Crippen molar-refractivity contribution in [3.05, 3.63) is 23.0 Å². The van der Waals surface area contributed by atoms with Gasteiger partial charge in [-0.1, -0.05) is 11.6 Å². The van der Waals surface area contributed by atoms with Crippen LogP contribution in [-0.2, 0) is 0 Å². The minimum Gasteiger partial charge on any atom is -0.397 e. The molecule has 0 atom stereocenters. The van der Waals surface area contributed by atoms with Gasteiger partial charge in [-0.3, -0.25) is 0 Å². The SMILES string of the molecule is Nc1ccc(Cl)c(F)c1NCCO. The summed E-state index contributed by atoms with van der Waals surface area (Å²) in [6.45, 7) is 0.146. The lowest BCUT2D eigenvalue weighted by atomic mass is 10.2. The Bertz CT molecular complexity index is 306. The van der Waals surface area contributed by atoms with E-state index < -0.39 is 5.82 Å². The Hall–Kier alpha value is -1.00. The number of anilines is 2. The summed E-state index contributed by atoms with van der Waals surface area (Å²) in [5, 5.41) is 11.2. The standard InChI is InChI=1S/C8H10ClFN2O/c9-5-1-2-6(11)8(7(5)10)12-3-4-13/h1-2,12-13H,3-4,11H2. The molecule has 0 bridgehead atoms. The van der Waals surface area contributed by atoms with Crippen LogP contribution in [0.5, 0.6) is 0 Å². The molecule has 0 spiro atoms. The number of aliphatic hydroxyl groups excluding tert-OH is 1. The van der Waals surface area contributed by atoms with Crippen molar-refractivity contribution in [3.8, 4) is 0 Å². The van der Waals surface area contributed by atoms with E-state index in [9.17, 15) is 4.39 Å². The molecule has 72 valence electrons. The third-order valence-corrected chi connectivity index (χ3v) is 1.83. The van der Waals surface area contributed by atoms with E-state index in [2.05, 4.69) is 5.32 Å². The maximum absolute atomic E-state index is 13.2. The summed E-state index contributed by atoms with van der Waals surface area (Å²) in [6, 6.07) is 2.89. The van der Waals surface area contributed by atoms with Crippen LogP contribution in [0.1, 0.15) is 0 Å². The second-order valence-electron chi connectivity index (χ2n) is 2.48. The maximum Gasteiger partial charge on any atom is 0.166 e. The van der Waals surface area contributed by atoms with Crippen LogP contribution in [0.4, 0.5) is 15.8 Å². The van der Waals surface area contributed by atoms with Gasteiger partial charge in [-0.2, -0.15) is 0 Å². The van der Waals surface area contributed by atoms with Gasteiger partial charge in [0.15, 0.2) is 5.82 Å². The second-order valence-corrected chi connectivity index (χ2v) is 2.88. The Morgan fingerprint density at radius 1 is 1.54 bits per heavy atom. The average Bonchev–Trinajstić information content (AvgIpc) is 2.12. The van der Waals surface area contributed by atoms with Crippen LogP contribution in [0.3, 0.4) is 0 Å². The van der Waals surface area contributed by atoms with Crippen LogP contribution in [0, 0.1) is 5.82 Å². The highest BCUT2D eigenvalue weighted by atomic mass is 35.5. The van der Waals surface area contributed by atoms with Crippen molar-refractivity contribution in [1.29, 1.82) is 0 Å². The molecule has 0 heterocycles. The summed E-state index contributed by atoms with van der Waals surface area (Å²) in [5.74, 6) is -0.588. The van der Waals surface area contributed by atoms with Crippen LogP contribution in [-0.4, -0.2) is 18.3 Å². The number of nitrogens with two attached hydrogens (primary N) is 1. The monoisotopic (exact) mass is 204 g/mol. The molecule has 0 aliphatic carbocycles. The first-order valence-electron chi connectivity index (χ1n) is 3.75. The van der Waals surface area contributed by atoms with Crippen molar-refractivity contribution in [2.75, 3.05) is 24.2 Å². The van der Waals surface area contributed by atoms with Gasteiger partial charge in [0, 0.05) is 6.54 Å². The van der Waals surface area contributed by atoms with E-state index in [1.54, 1.807) is 0 Å². The highest BCUT2D eigenvalue weighted by molar-refractivity contribution is 6.31. The molecule has 0 aliphatic rings. The summed E-state index contributed by atoms with van der Waals surface area (Å²) in [7, 11) is 0. The van der Waals surface area contributed by atoms with Gasteiger partial charge in [0.25, 0.3) is 0 Å². The summed E-state index contributed by atoms with van der Waals surface area (Å²) in [5.41, 5.74) is 5.90. The first kappa shape index (κ1) is 10.1. The van der Waals surface area contributed by atoms with E-state index in [0.29, 0.717) is 0 Å². The highest BCUT2D eigenvalue weighted by Gasteiger charge is 2.09. The topological polar surface area (TPSA) is 58.3 Å². The van der Waals surface area contributed by atoms with Gasteiger partial charge in [-0.15, -0.1) is 0 Å². The fourth-order valence-corrected chi connectivity index (χ4v) is 1.08. The van der Waals surface area contributed by atoms with E-state index in [4.69, 9.17) is 22.4 Å². The lowest BCUT2D eigenvalue weighted by Crippen LogP contribution is -2.09. The minimum absolute atomic E-state index is 0.00893. The van der Waals surface area contributed by atoms with Gasteiger partial charge in [-0.05, 0) is 12.1 Å². The molecule has 0 saturated heterocycles. The molecule has 0 fully saturated rings. The Morgan fingerprint density at radius 2 is 2.23 bits per heavy atom. The number of halogens is 2. The predicted molar refractivity (Wildman–Crippen MR) is 51.4 cm³/mol. The van der Waals surface area contributed by atoms with Gasteiger partial charge >= 0.3 is 0 Å². The van der Waals surface area contributed by atoms with Crippen molar-refractivity contribution in [3.63, 3.8) is 0 Å². The van der Waals surface area contributed by atoms with Gasteiger partial charge in [0.05, 0.1) is 23.0 Å². The molecular weight excluding hydrogens is 195 g/mol. The molecule has 0 saturated carbocycles. The van der Waals surface area contributed by atoms with Gasteiger partial charge in [0.2, 0.25) is 0 Å². The average molecular weight is 205 g/mol. The van der Waals surface area contributed by atoms with E-state index in [0.717, 1.165) is 0 Å². The van der Waals surface area contributed by atoms with Gasteiger partial charge < -0.3 is 16.2 Å². The van der Waals surface area contributed by atoms with Crippen molar-refractivity contribution in [2.45, 2.75) is 0 Å². The molecular formula is C8H10ClFN2O. The molecule has 1 rings (SSSR count). The summed E-state index contributed by atoms with van der Waals surface area (Å²) < 4.78 is 13.2. The number of nitrogens with one attached hydrogen (secondary N) is 1. The molecule has 0 aliphatic heterocycles. The predicted octanol–water partition coefficient (Wildman–Crippen LogP) is 1.47. The van der Waals surface area contributed by atoms with Crippen molar-refractivity contribution in [2.24, 2.45) is 0 Å². The van der Waals surface area contributed by atoms with E-state index in [1.165, 1.54) is 12.1 Å². The quantitative estimate of drug-likeness (QED) is 0.654. The van der Waals surface area contributed by atoms with Gasteiger partial charge in [-0.25, -0.2) is 4.39 Å². The third-order valence-electron chi connectivity index (χ3n) is 1.54. The summed E-state index contributed by atoms with van der Waals surface area (Å²) in [4.78, 5) is 0. The van der Waals surface area contributed by atoms with Crippen molar-refractivity contribution in [1.82, 2.24) is 0 Å². The van der Waals surface area contributed by atoms with E-state index in [1.807, 2.05) is 0 Å². The first-order chi connectivity index (χ1) is 6.16. The summed E-state index contributed by atoms with van der Waals surface area (Å²) in [6.07, 6.45) is 0. The normalized spacial score (nSPS) is 10.1. The molecule has 5 heteroatoms. The van der Waals surface area contributed by atoms with Crippen molar-refractivity contribution < 1.29 is 9.50 Å². The Kier molecular flexibility index (Phi) is 3.33. The maximum atomic E-state index is 13.2. The van der Waals surface area contributed by atoms with Gasteiger partial charge in [0.1, 0.15) is 0 Å². The Morgan fingerprint density at radius 3 is 2.85 bits per heavy atom. The number of aliphatic hydroxyl groups is 1. The molecule has 13 heavy (non-hydrogen) atoms. The van der Waals surface area contributed by atoms with Crippen LogP contribution >= 0.6 is 11.6 Å². The zero-order chi connectivity index (χ0) is 9.84. The number of hydrogen-bond acceptors (Lipinski definition) is 3. The lowest BCUT2D eigenvalue weighted by molar-refractivity contribution is 0.311. The molecule has 4 N–H and O–H groups in total. The smallest absolute Gasteiger partial charge is 0.166 e. The number of benzene rings is 1. The van der Waals surface area contributed by atoms with Crippen LogP contribution in [0.25, 0.3) is 0 Å². The molecule has 0 radical (unpaired) electrons.